The second-order valence-electron chi connectivity index (χ2n) is 3.82. The van der Waals surface area contributed by atoms with Crippen LogP contribution in [0.25, 0.3) is 0 Å². The minimum Gasteiger partial charge on any atom is -0.379 e. The second kappa shape index (κ2) is 7.17. The molecule has 90 valence electrons. The first kappa shape index (κ1) is 12.9. The Bertz CT molecular complexity index is 152. The molecule has 2 aliphatic rings. The molecule has 0 bridgehead atoms. The zero-order chi connectivity index (χ0) is 11.1. The fourth-order valence-corrected chi connectivity index (χ4v) is 1.92. The molecule has 0 aromatic heterocycles. The molecule has 2 aliphatic heterocycles. The Morgan fingerprint density at radius 2 is 1.20 bits per heavy atom. The molecule has 0 aliphatic carbocycles. The average Bonchev–Trinajstić information content (AvgIpc) is 2.34. The van der Waals surface area contributed by atoms with Crippen LogP contribution in [0.3, 0.4) is 0 Å². The van der Waals surface area contributed by atoms with Gasteiger partial charge in [-0.3, -0.25) is 0 Å². The van der Waals surface area contributed by atoms with Crippen molar-refractivity contribution in [2.45, 2.75) is 13.8 Å². The van der Waals surface area contributed by atoms with Crippen LogP contribution in [0, 0.1) is 0 Å². The van der Waals surface area contributed by atoms with Gasteiger partial charge in [0.15, 0.2) is 0 Å². The first-order valence-electron chi connectivity index (χ1n) is 6.12. The molecule has 0 radical (unpaired) electrons. The van der Waals surface area contributed by atoms with E-state index in [1.54, 1.807) is 0 Å². The van der Waals surface area contributed by atoms with Crippen molar-refractivity contribution in [3.05, 3.63) is 0 Å². The normalized spacial score (nSPS) is 25.8. The van der Waals surface area contributed by atoms with E-state index < -0.39 is 0 Å². The summed E-state index contributed by atoms with van der Waals surface area (Å²) in [6, 6.07) is 0. The monoisotopic (exact) mass is 215 g/mol. The summed E-state index contributed by atoms with van der Waals surface area (Å²) in [5, 5.41) is 4.92. The molecule has 2 heterocycles. The molecule has 4 heteroatoms. The summed E-state index contributed by atoms with van der Waals surface area (Å²) >= 11 is 0. The van der Waals surface area contributed by atoms with E-state index in [0.717, 1.165) is 26.3 Å². The van der Waals surface area contributed by atoms with E-state index in [-0.39, 0.29) is 0 Å². The SMILES string of the molecule is CC.CN1CCN(N2CCOCC2)CC1. The summed E-state index contributed by atoms with van der Waals surface area (Å²) in [5.41, 5.74) is 0. The number of hydrogen-bond donors (Lipinski definition) is 0. The third kappa shape index (κ3) is 4.07. The van der Waals surface area contributed by atoms with Gasteiger partial charge >= 0.3 is 0 Å². The molecule has 15 heavy (non-hydrogen) atoms. The maximum Gasteiger partial charge on any atom is 0.0608 e. The Balaban J connectivity index is 0.000000531. The smallest absolute Gasteiger partial charge is 0.0608 e. The molecule has 0 aromatic rings. The Morgan fingerprint density at radius 3 is 1.73 bits per heavy atom. The lowest BCUT2D eigenvalue weighted by Gasteiger charge is -2.41. The van der Waals surface area contributed by atoms with E-state index in [1.165, 1.54) is 26.2 Å². The molecule has 4 nitrogen and oxygen atoms in total. The lowest BCUT2D eigenvalue weighted by atomic mass is 10.3. The summed E-state index contributed by atoms with van der Waals surface area (Å²) in [5.74, 6) is 0. The van der Waals surface area contributed by atoms with Crippen molar-refractivity contribution < 1.29 is 4.74 Å². The van der Waals surface area contributed by atoms with Crippen molar-refractivity contribution >= 4 is 0 Å². The van der Waals surface area contributed by atoms with Gasteiger partial charge in [0.1, 0.15) is 0 Å². The van der Waals surface area contributed by atoms with Gasteiger partial charge in [-0.05, 0) is 7.05 Å². The highest BCUT2D eigenvalue weighted by Gasteiger charge is 2.21. The lowest BCUT2D eigenvalue weighted by molar-refractivity contribution is -0.105. The summed E-state index contributed by atoms with van der Waals surface area (Å²) < 4.78 is 5.33. The van der Waals surface area contributed by atoms with Gasteiger partial charge in [-0.15, -0.1) is 0 Å². The van der Waals surface area contributed by atoms with E-state index in [9.17, 15) is 0 Å². The summed E-state index contributed by atoms with van der Waals surface area (Å²) in [6.07, 6.45) is 0. The zero-order valence-corrected chi connectivity index (χ0v) is 10.4. The van der Waals surface area contributed by atoms with Crippen LogP contribution in [-0.4, -0.2) is 74.4 Å². The van der Waals surface area contributed by atoms with Gasteiger partial charge in [0.2, 0.25) is 0 Å². The van der Waals surface area contributed by atoms with Crippen LogP contribution in [-0.2, 0) is 4.74 Å². The predicted molar refractivity (Wildman–Crippen MR) is 62.8 cm³/mol. The van der Waals surface area contributed by atoms with Crippen LogP contribution in [0.1, 0.15) is 13.8 Å². The van der Waals surface area contributed by atoms with Crippen LogP contribution < -0.4 is 0 Å². The zero-order valence-electron chi connectivity index (χ0n) is 10.4. The molecule has 0 saturated carbocycles. The Labute approximate surface area is 93.7 Å². The summed E-state index contributed by atoms with van der Waals surface area (Å²) in [4.78, 5) is 2.39. The lowest BCUT2D eigenvalue weighted by Crippen LogP contribution is -2.55. The van der Waals surface area contributed by atoms with Crippen LogP contribution in [0.4, 0.5) is 0 Å². The third-order valence-electron chi connectivity index (χ3n) is 2.87. The molecular weight excluding hydrogens is 190 g/mol. The number of ether oxygens (including phenoxy) is 1. The van der Waals surface area contributed by atoms with Gasteiger partial charge in [0.05, 0.1) is 13.2 Å². The number of hydrogen-bond acceptors (Lipinski definition) is 4. The highest BCUT2D eigenvalue weighted by atomic mass is 16.5. The molecule has 0 spiro atoms. The second-order valence-corrected chi connectivity index (χ2v) is 3.82. The van der Waals surface area contributed by atoms with Crippen molar-refractivity contribution in [2.75, 3.05) is 59.5 Å². The summed E-state index contributed by atoms with van der Waals surface area (Å²) in [6.45, 7) is 12.7. The van der Waals surface area contributed by atoms with Gasteiger partial charge in [-0.25, -0.2) is 10.0 Å². The first-order valence-corrected chi connectivity index (χ1v) is 6.12. The Hall–Kier alpha value is -0.160. The van der Waals surface area contributed by atoms with E-state index in [2.05, 4.69) is 22.0 Å². The largest absolute Gasteiger partial charge is 0.379 e. The fraction of sp³-hybridized carbons (Fsp3) is 1.00. The maximum absolute atomic E-state index is 5.33. The van der Waals surface area contributed by atoms with Crippen LogP contribution in [0.5, 0.6) is 0 Å². The molecule has 2 saturated heterocycles. The van der Waals surface area contributed by atoms with Crippen molar-refractivity contribution in [3.8, 4) is 0 Å². The molecule has 2 fully saturated rings. The van der Waals surface area contributed by atoms with Gasteiger partial charge in [0.25, 0.3) is 0 Å². The van der Waals surface area contributed by atoms with Crippen LogP contribution in [0.15, 0.2) is 0 Å². The van der Waals surface area contributed by atoms with Crippen LogP contribution in [0.2, 0.25) is 0 Å². The van der Waals surface area contributed by atoms with Gasteiger partial charge in [-0.1, -0.05) is 13.8 Å². The van der Waals surface area contributed by atoms with Crippen molar-refractivity contribution in [1.29, 1.82) is 0 Å². The van der Waals surface area contributed by atoms with Crippen molar-refractivity contribution in [1.82, 2.24) is 14.9 Å². The predicted octanol–water partition coefficient (Wildman–Crippen LogP) is 0.507. The third-order valence-corrected chi connectivity index (χ3v) is 2.87. The van der Waals surface area contributed by atoms with Crippen molar-refractivity contribution in [3.63, 3.8) is 0 Å². The molecule has 0 amide bonds. The minimum absolute atomic E-state index is 0.895. The van der Waals surface area contributed by atoms with Gasteiger partial charge in [0, 0.05) is 39.3 Å². The first-order chi connectivity index (χ1) is 7.36. The highest BCUT2D eigenvalue weighted by molar-refractivity contribution is 4.69. The standard InChI is InChI=1S/C9H19N3O.C2H6/c1-10-2-4-11(5-3-10)12-6-8-13-9-7-12;1-2/h2-9H2,1H3;1-2H3. The molecule has 0 N–H and O–H groups in total. The van der Waals surface area contributed by atoms with E-state index in [4.69, 9.17) is 4.74 Å². The number of piperazine rings is 1. The molecule has 0 atom stereocenters. The Kier molecular flexibility index (Phi) is 6.17. The van der Waals surface area contributed by atoms with Crippen LogP contribution >= 0.6 is 0 Å². The van der Waals surface area contributed by atoms with E-state index in [0.29, 0.717) is 0 Å². The molecule has 2 rings (SSSR count). The van der Waals surface area contributed by atoms with Gasteiger partial charge < -0.3 is 9.64 Å². The number of morpholine rings is 1. The average molecular weight is 215 g/mol. The number of nitrogens with zero attached hydrogens (tertiary/aromatic N) is 3. The quantitative estimate of drug-likeness (QED) is 0.634. The molecule has 0 unspecified atom stereocenters. The van der Waals surface area contributed by atoms with Crippen molar-refractivity contribution in [2.24, 2.45) is 0 Å². The van der Waals surface area contributed by atoms with E-state index in [1.807, 2.05) is 13.8 Å². The number of hydrazine groups is 1. The molecular formula is C11H25N3O. The van der Waals surface area contributed by atoms with Gasteiger partial charge in [-0.2, -0.15) is 0 Å². The number of likely N-dealkylation sites (N-methyl/N-ethyl adjacent to an activating group) is 1. The number of rotatable bonds is 1. The topological polar surface area (TPSA) is 19.0 Å². The maximum atomic E-state index is 5.33. The minimum atomic E-state index is 0.895. The fourth-order valence-electron chi connectivity index (χ4n) is 1.92. The van der Waals surface area contributed by atoms with E-state index >= 15 is 0 Å². The molecule has 0 aromatic carbocycles. The summed E-state index contributed by atoms with van der Waals surface area (Å²) in [7, 11) is 2.19. The Morgan fingerprint density at radius 1 is 0.733 bits per heavy atom. The highest BCUT2D eigenvalue weighted by Crippen LogP contribution is 2.06.